The number of ether oxygens (including phenoxy) is 1. The van der Waals surface area contributed by atoms with Crippen LogP contribution >= 0.6 is 0 Å². The van der Waals surface area contributed by atoms with Crippen LogP contribution in [0.25, 0.3) is 11.0 Å². The van der Waals surface area contributed by atoms with Gasteiger partial charge in [-0.05, 0) is 49.9 Å². The highest BCUT2D eigenvalue weighted by Gasteiger charge is 2.35. The van der Waals surface area contributed by atoms with Gasteiger partial charge in [0.2, 0.25) is 5.91 Å². The standard InChI is InChI=1S/C23H30N4O2/c28-22(18-23(11-16-29-17-12-23)27-14-6-7-15-27)24-13-5-1-2-10-21-25-19-8-3-4-9-20(19)26-21/h3-4,6-9,14-15H,1-2,5,10-13,16-18H2,(H,24,28)(H,25,26). The van der Waals surface area contributed by atoms with Gasteiger partial charge in [0.15, 0.2) is 0 Å². The van der Waals surface area contributed by atoms with Crippen LogP contribution in [0.1, 0.15) is 44.3 Å². The minimum Gasteiger partial charge on any atom is -0.381 e. The second kappa shape index (κ2) is 9.27. The van der Waals surface area contributed by atoms with Gasteiger partial charge in [-0.3, -0.25) is 4.79 Å². The minimum absolute atomic E-state index is 0.137. The van der Waals surface area contributed by atoms with Gasteiger partial charge in [-0.15, -0.1) is 0 Å². The number of fused-ring (bicyclic) bond motifs is 1. The first-order valence-electron chi connectivity index (χ1n) is 10.7. The molecule has 0 aliphatic carbocycles. The molecular weight excluding hydrogens is 364 g/mol. The number of amides is 1. The van der Waals surface area contributed by atoms with E-state index < -0.39 is 0 Å². The number of carbonyl (C=O) groups excluding carboxylic acids is 1. The number of nitrogens with one attached hydrogen (secondary N) is 2. The van der Waals surface area contributed by atoms with Gasteiger partial charge in [0, 0.05) is 38.6 Å². The van der Waals surface area contributed by atoms with Crippen LogP contribution in [-0.4, -0.2) is 40.2 Å². The average Bonchev–Trinajstić information content (AvgIpc) is 3.41. The van der Waals surface area contributed by atoms with Crippen LogP contribution in [0.3, 0.4) is 0 Å². The van der Waals surface area contributed by atoms with Crippen molar-refractivity contribution in [1.82, 2.24) is 19.9 Å². The number of nitrogens with zero attached hydrogens (tertiary/aromatic N) is 2. The lowest BCUT2D eigenvalue weighted by Crippen LogP contribution is -2.43. The van der Waals surface area contributed by atoms with E-state index in [4.69, 9.17) is 4.74 Å². The maximum Gasteiger partial charge on any atom is 0.222 e. The third-order valence-corrected chi connectivity index (χ3v) is 5.92. The molecule has 1 amide bonds. The van der Waals surface area contributed by atoms with Crippen LogP contribution in [0, 0.1) is 0 Å². The molecule has 1 saturated heterocycles. The van der Waals surface area contributed by atoms with Gasteiger partial charge >= 0.3 is 0 Å². The Morgan fingerprint density at radius 2 is 1.90 bits per heavy atom. The molecule has 2 aromatic heterocycles. The number of hydrogen-bond acceptors (Lipinski definition) is 3. The van der Waals surface area contributed by atoms with E-state index >= 15 is 0 Å². The Morgan fingerprint density at radius 1 is 1.10 bits per heavy atom. The van der Waals surface area contributed by atoms with Gasteiger partial charge in [0.05, 0.1) is 23.0 Å². The Morgan fingerprint density at radius 3 is 2.69 bits per heavy atom. The van der Waals surface area contributed by atoms with Crippen LogP contribution < -0.4 is 5.32 Å². The molecule has 0 radical (unpaired) electrons. The van der Waals surface area contributed by atoms with E-state index in [0.717, 1.165) is 61.9 Å². The first-order valence-corrected chi connectivity index (χ1v) is 10.7. The number of aromatic nitrogens is 3. The molecule has 4 rings (SSSR count). The number of imidazole rings is 1. The van der Waals surface area contributed by atoms with E-state index in [2.05, 4.69) is 38.3 Å². The monoisotopic (exact) mass is 394 g/mol. The fraction of sp³-hybridized carbons (Fsp3) is 0.478. The smallest absolute Gasteiger partial charge is 0.222 e. The molecule has 29 heavy (non-hydrogen) atoms. The number of carbonyl (C=O) groups is 1. The van der Waals surface area contributed by atoms with E-state index in [-0.39, 0.29) is 11.4 Å². The highest BCUT2D eigenvalue weighted by molar-refractivity contribution is 5.77. The molecule has 0 saturated carbocycles. The normalized spacial score (nSPS) is 16.1. The number of unbranched alkanes of at least 4 members (excludes halogenated alkanes) is 2. The van der Waals surface area contributed by atoms with Crippen LogP contribution in [0.4, 0.5) is 0 Å². The van der Waals surface area contributed by atoms with Crippen LogP contribution in [0.15, 0.2) is 48.8 Å². The Balaban J connectivity index is 1.18. The Bertz CT molecular complexity index is 877. The van der Waals surface area contributed by atoms with Gasteiger partial charge in [0.1, 0.15) is 5.82 Å². The van der Waals surface area contributed by atoms with Gasteiger partial charge < -0.3 is 19.6 Å². The molecule has 1 aromatic carbocycles. The van der Waals surface area contributed by atoms with Crippen molar-refractivity contribution in [2.75, 3.05) is 19.8 Å². The lowest BCUT2D eigenvalue weighted by Gasteiger charge is -2.38. The van der Waals surface area contributed by atoms with E-state index in [1.807, 2.05) is 30.3 Å². The lowest BCUT2D eigenvalue weighted by atomic mass is 9.86. The number of para-hydroxylation sites is 2. The first-order chi connectivity index (χ1) is 14.3. The fourth-order valence-electron chi connectivity index (χ4n) is 4.24. The maximum absolute atomic E-state index is 12.6. The molecular formula is C23H30N4O2. The predicted octanol–water partition coefficient (Wildman–Crippen LogP) is 3.79. The van der Waals surface area contributed by atoms with Crippen molar-refractivity contribution in [2.24, 2.45) is 0 Å². The van der Waals surface area contributed by atoms with Crippen LogP contribution in [0.5, 0.6) is 0 Å². The third kappa shape index (κ3) is 4.88. The molecule has 0 atom stereocenters. The van der Waals surface area contributed by atoms with Crippen LogP contribution in [-0.2, 0) is 21.5 Å². The van der Waals surface area contributed by atoms with E-state index in [1.54, 1.807) is 0 Å². The minimum atomic E-state index is -0.146. The number of aryl methyl sites for hydroxylation is 1. The summed E-state index contributed by atoms with van der Waals surface area (Å²) in [5.41, 5.74) is 1.98. The van der Waals surface area contributed by atoms with Crippen molar-refractivity contribution in [3.63, 3.8) is 0 Å². The second-order valence-corrected chi connectivity index (χ2v) is 7.97. The summed E-state index contributed by atoms with van der Waals surface area (Å²) in [5.74, 6) is 1.18. The first kappa shape index (κ1) is 19.7. The maximum atomic E-state index is 12.6. The molecule has 1 fully saturated rings. The number of hydrogen-bond donors (Lipinski definition) is 2. The average molecular weight is 395 g/mol. The molecule has 3 heterocycles. The summed E-state index contributed by atoms with van der Waals surface area (Å²) >= 11 is 0. The summed E-state index contributed by atoms with van der Waals surface area (Å²) in [4.78, 5) is 20.6. The van der Waals surface area contributed by atoms with Gasteiger partial charge in [-0.25, -0.2) is 4.98 Å². The van der Waals surface area contributed by atoms with Crippen molar-refractivity contribution < 1.29 is 9.53 Å². The van der Waals surface area contributed by atoms with Crippen molar-refractivity contribution >= 4 is 16.9 Å². The molecule has 6 heteroatoms. The van der Waals surface area contributed by atoms with E-state index in [0.29, 0.717) is 19.6 Å². The van der Waals surface area contributed by atoms with Gasteiger partial charge in [-0.2, -0.15) is 0 Å². The van der Waals surface area contributed by atoms with Gasteiger partial charge in [-0.1, -0.05) is 18.6 Å². The summed E-state index contributed by atoms with van der Waals surface area (Å²) in [6.45, 7) is 2.16. The number of aromatic amines is 1. The Hall–Kier alpha value is -2.60. The van der Waals surface area contributed by atoms with Crippen LogP contribution in [0.2, 0.25) is 0 Å². The Labute approximate surface area is 171 Å². The quantitative estimate of drug-likeness (QED) is 0.543. The molecule has 0 bridgehead atoms. The lowest BCUT2D eigenvalue weighted by molar-refractivity contribution is -0.124. The summed E-state index contributed by atoms with van der Waals surface area (Å²) in [5, 5.41) is 3.12. The summed E-state index contributed by atoms with van der Waals surface area (Å²) in [6.07, 6.45) is 10.5. The zero-order valence-corrected chi connectivity index (χ0v) is 16.9. The topological polar surface area (TPSA) is 71.9 Å². The molecule has 1 aliphatic rings. The number of H-pyrrole nitrogens is 1. The van der Waals surface area contributed by atoms with Crippen molar-refractivity contribution in [1.29, 1.82) is 0 Å². The SMILES string of the molecule is O=C(CC1(n2cccc2)CCOCC1)NCCCCCc1nc2ccccc2[nH]1. The number of benzene rings is 1. The fourth-order valence-corrected chi connectivity index (χ4v) is 4.24. The molecule has 6 nitrogen and oxygen atoms in total. The molecule has 0 unspecified atom stereocenters. The van der Waals surface area contributed by atoms with E-state index in [1.165, 1.54) is 0 Å². The summed E-state index contributed by atoms with van der Waals surface area (Å²) in [7, 11) is 0. The molecule has 3 aromatic rings. The molecule has 2 N–H and O–H groups in total. The Kier molecular flexibility index (Phi) is 6.30. The van der Waals surface area contributed by atoms with Crippen molar-refractivity contribution in [3.8, 4) is 0 Å². The summed E-state index contributed by atoms with van der Waals surface area (Å²) in [6, 6.07) is 12.2. The molecule has 154 valence electrons. The summed E-state index contributed by atoms with van der Waals surface area (Å²) < 4.78 is 7.73. The second-order valence-electron chi connectivity index (χ2n) is 7.97. The van der Waals surface area contributed by atoms with E-state index in [9.17, 15) is 4.79 Å². The highest BCUT2D eigenvalue weighted by Crippen LogP contribution is 2.32. The van der Waals surface area contributed by atoms with Crippen molar-refractivity contribution in [2.45, 2.75) is 50.5 Å². The predicted molar refractivity (Wildman–Crippen MR) is 114 cm³/mol. The van der Waals surface area contributed by atoms with Crippen molar-refractivity contribution in [3.05, 3.63) is 54.6 Å². The molecule has 0 spiro atoms. The highest BCUT2D eigenvalue weighted by atomic mass is 16.5. The number of rotatable bonds is 9. The largest absolute Gasteiger partial charge is 0.381 e. The van der Waals surface area contributed by atoms with Gasteiger partial charge in [0.25, 0.3) is 0 Å². The third-order valence-electron chi connectivity index (χ3n) is 5.92. The zero-order chi connectivity index (χ0) is 19.9. The zero-order valence-electron chi connectivity index (χ0n) is 16.9. The molecule has 1 aliphatic heterocycles.